The molecular weight excluding hydrogens is 160 g/mol. The van der Waals surface area contributed by atoms with E-state index in [1.54, 1.807) is 0 Å². The normalized spacial score (nSPS) is 26.5. The summed E-state index contributed by atoms with van der Waals surface area (Å²) in [4.78, 5) is 2.65. The van der Waals surface area contributed by atoms with E-state index in [-0.39, 0.29) is 0 Å². The highest BCUT2D eigenvalue weighted by molar-refractivity contribution is 4.80. The zero-order chi connectivity index (χ0) is 9.68. The Morgan fingerprint density at radius 2 is 2.31 bits per heavy atom. The van der Waals surface area contributed by atoms with E-state index in [1.807, 2.05) is 0 Å². The summed E-state index contributed by atoms with van der Waals surface area (Å²) < 4.78 is 0. The average Bonchev–Trinajstić information content (AvgIpc) is 2.52. The van der Waals surface area contributed by atoms with Crippen LogP contribution in [0.1, 0.15) is 40.0 Å². The lowest BCUT2D eigenvalue weighted by atomic mass is 10.2. The lowest BCUT2D eigenvalue weighted by molar-refractivity contribution is 0.193. The zero-order valence-corrected chi connectivity index (χ0v) is 9.34. The fraction of sp³-hybridized carbons (Fsp3) is 1.00. The molecule has 1 aliphatic heterocycles. The molecule has 78 valence electrons. The van der Waals surface area contributed by atoms with Crippen LogP contribution < -0.4 is 5.32 Å². The minimum atomic E-state index is 0.761. The molecule has 2 atom stereocenters. The van der Waals surface area contributed by atoms with Gasteiger partial charge in [-0.15, -0.1) is 0 Å². The van der Waals surface area contributed by atoms with Crippen molar-refractivity contribution in [1.82, 2.24) is 10.2 Å². The van der Waals surface area contributed by atoms with Crippen molar-refractivity contribution in [3.8, 4) is 0 Å². The molecule has 0 aliphatic carbocycles. The van der Waals surface area contributed by atoms with E-state index in [0.717, 1.165) is 18.6 Å². The molecule has 1 N–H and O–H groups in total. The number of rotatable bonds is 5. The maximum absolute atomic E-state index is 3.39. The van der Waals surface area contributed by atoms with E-state index in [9.17, 15) is 0 Å². The van der Waals surface area contributed by atoms with Crippen molar-refractivity contribution in [1.29, 1.82) is 0 Å². The quantitative estimate of drug-likeness (QED) is 0.656. The highest BCUT2D eigenvalue weighted by Gasteiger charge is 2.24. The number of likely N-dealkylation sites (tertiary alicyclic amines) is 1. The van der Waals surface area contributed by atoms with Crippen LogP contribution in [0.5, 0.6) is 0 Å². The second kappa shape index (κ2) is 5.61. The van der Waals surface area contributed by atoms with E-state index in [1.165, 1.54) is 32.4 Å². The topological polar surface area (TPSA) is 15.3 Å². The first-order chi connectivity index (χ1) is 6.25. The van der Waals surface area contributed by atoms with Crippen LogP contribution in [-0.4, -0.2) is 36.6 Å². The van der Waals surface area contributed by atoms with Gasteiger partial charge in [-0.3, -0.25) is 4.90 Å². The molecule has 0 aromatic heterocycles. The van der Waals surface area contributed by atoms with Gasteiger partial charge in [0.1, 0.15) is 0 Å². The van der Waals surface area contributed by atoms with Crippen molar-refractivity contribution >= 4 is 0 Å². The summed E-state index contributed by atoms with van der Waals surface area (Å²) in [5, 5.41) is 3.39. The molecule has 0 aromatic rings. The fourth-order valence-corrected chi connectivity index (χ4v) is 2.26. The summed E-state index contributed by atoms with van der Waals surface area (Å²) in [6, 6.07) is 1.58. The number of nitrogens with one attached hydrogen (secondary N) is 1. The van der Waals surface area contributed by atoms with E-state index in [2.05, 4.69) is 31.0 Å². The lowest BCUT2D eigenvalue weighted by Gasteiger charge is -2.28. The van der Waals surface area contributed by atoms with Crippen LogP contribution >= 0.6 is 0 Å². The van der Waals surface area contributed by atoms with Crippen LogP contribution in [0.15, 0.2) is 0 Å². The second-order valence-electron chi connectivity index (χ2n) is 4.22. The van der Waals surface area contributed by atoms with Crippen LogP contribution in [0, 0.1) is 0 Å². The van der Waals surface area contributed by atoms with Crippen molar-refractivity contribution in [2.24, 2.45) is 0 Å². The SMILES string of the molecule is CCNCCC(C)N1CCCC1C. The van der Waals surface area contributed by atoms with E-state index in [0.29, 0.717) is 0 Å². The Bertz CT molecular complexity index is 136. The first-order valence-corrected chi connectivity index (χ1v) is 5.72. The predicted octanol–water partition coefficient (Wildman–Crippen LogP) is 1.86. The third-order valence-corrected chi connectivity index (χ3v) is 3.16. The largest absolute Gasteiger partial charge is 0.317 e. The lowest BCUT2D eigenvalue weighted by Crippen LogP contribution is -2.37. The molecule has 1 rings (SSSR count). The Balaban J connectivity index is 2.18. The Morgan fingerprint density at radius 3 is 2.85 bits per heavy atom. The van der Waals surface area contributed by atoms with Gasteiger partial charge >= 0.3 is 0 Å². The van der Waals surface area contributed by atoms with Crippen molar-refractivity contribution in [2.45, 2.75) is 52.1 Å². The summed E-state index contributed by atoms with van der Waals surface area (Å²) in [5.41, 5.74) is 0. The fourth-order valence-electron chi connectivity index (χ4n) is 2.26. The minimum absolute atomic E-state index is 0.761. The Morgan fingerprint density at radius 1 is 1.54 bits per heavy atom. The molecule has 0 aromatic carbocycles. The highest BCUT2D eigenvalue weighted by Crippen LogP contribution is 2.20. The molecule has 1 fully saturated rings. The molecule has 2 nitrogen and oxygen atoms in total. The Labute approximate surface area is 82.7 Å². The average molecular weight is 184 g/mol. The first kappa shape index (κ1) is 11.0. The van der Waals surface area contributed by atoms with Gasteiger partial charge in [0.15, 0.2) is 0 Å². The van der Waals surface area contributed by atoms with Gasteiger partial charge < -0.3 is 5.32 Å². The zero-order valence-electron chi connectivity index (χ0n) is 9.34. The van der Waals surface area contributed by atoms with Crippen LogP contribution in [-0.2, 0) is 0 Å². The van der Waals surface area contributed by atoms with Crippen LogP contribution in [0.4, 0.5) is 0 Å². The molecule has 1 saturated heterocycles. The predicted molar refractivity (Wildman–Crippen MR) is 58.0 cm³/mol. The van der Waals surface area contributed by atoms with Crippen LogP contribution in [0.3, 0.4) is 0 Å². The van der Waals surface area contributed by atoms with E-state index in [4.69, 9.17) is 0 Å². The summed E-state index contributed by atoms with van der Waals surface area (Å²) in [7, 11) is 0. The molecule has 13 heavy (non-hydrogen) atoms. The minimum Gasteiger partial charge on any atom is -0.317 e. The first-order valence-electron chi connectivity index (χ1n) is 5.72. The maximum atomic E-state index is 3.39. The molecule has 0 bridgehead atoms. The maximum Gasteiger partial charge on any atom is 0.00818 e. The van der Waals surface area contributed by atoms with Gasteiger partial charge in [-0.05, 0) is 52.7 Å². The summed E-state index contributed by atoms with van der Waals surface area (Å²) in [5.74, 6) is 0. The molecular formula is C11H24N2. The molecule has 2 unspecified atom stereocenters. The van der Waals surface area contributed by atoms with Gasteiger partial charge in [0.05, 0.1) is 0 Å². The van der Waals surface area contributed by atoms with Crippen molar-refractivity contribution in [2.75, 3.05) is 19.6 Å². The number of hydrogen-bond acceptors (Lipinski definition) is 2. The third kappa shape index (κ3) is 3.28. The molecule has 0 radical (unpaired) electrons. The van der Waals surface area contributed by atoms with Gasteiger partial charge in [0, 0.05) is 12.1 Å². The van der Waals surface area contributed by atoms with Crippen LogP contribution in [0.2, 0.25) is 0 Å². The molecule has 1 aliphatic rings. The van der Waals surface area contributed by atoms with Gasteiger partial charge in [-0.1, -0.05) is 6.92 Å². The van der Waals surface area contributed by atoms with Crippen molar-refractivity contribution < 1.29 is 0 Å². The second-order valence-corrected chi connectivity index (χ2v) is 4.22. The number of nitrogens with zero attached hydrogens (tertiary/aromatic N) is 1. The standard InChI is InChI=1S/C11H24N2/c1-4-12-8-7-11(3)13-9-5-6-10(13)2/h10-12H,4-9H2,1-3H3. The Hall–Kier alpha value is -0.0800. The van der Waals surface area contributed by atoms with E-state index >= 15 is 0 Å². The van der Waals surface area contributed by atoms with Gasteiger partial charge in [0.25, 0.3) is 0 Å². The van der Waals surface area contributed by atoms with Crippen molar-refractivity contribution in [3.05, 3.63) is 0 Å². The van der Waals surface area contributed by atoms with Crippen LogP contribution in [0.25, 0.3) is 0 Å². The third-order valence-electron chi connectivity index (χ3n) is 3.16. The van der Waals surface area contributed by atoms with E-state index < -0.39 is 0 Å². The smallest absolute Gasteiger partial charge is 0.00818 e. The monoisotopic (exact) mass is 184 g/mol. The summed E-state index contributed by atoms with van der Waals surface area (Å²) in [6.07, 6.45) is 4.08. The summed E-state index contributed by atoms with van der Waals surface area (Å²) >= 11 is 0. The highest BCUT2D eigenvalue weighted by atomic mass is 15.2. The van der Waals surface area contributed by atoms with Gasteiger partial charge in [-0.25, -0.2) is 0 Å². The summed E-state index contributed by atoms with van der Waals surface area (Å²) in [6.45, 7) is 10.5. The van der Waals surface area contributed by atoms with Gasteiger partial charge in [0.2, 0.25) is 0 Å². The molecule has 0 spiro atoms. The molecule has 0 amide bonds. The van der Waals surface area contributed by atoms with Crippen molar-refractivity contribution in [3.63, 3.8) is 0 Å². The van der Waals surface area contributed by atoms with Gasteiger partial charge in [-0.2, -0.15) is 0 Å². The molecule has 0 saturated carbocycles. The molecule has 1 heterocycles. The molecule has 2 heteroatoms. The number of hydrogen-bond donors (Lipinski definition) is 1. The Kier molecular flexibility index (Phi) is 4.74.